The molecule has 2 rings (SSSR count). The number of hydrogen-bond acceptors (Lipinski definition) is 3. The number of halogens is 3. The standard InChI is InChI=1S/C17H22F3NO3/c1-16(2,3)24-15(22)21-9-8-12(10-21)11-23-14-6-4-13(5-7-14)17(18,19)20/h4-7,12H,8-11H2,1-3H3. The van der Waals surface area contributed by atoms with Gasteiger partial charge in [0.05, 0.1) is 12.2 Å². The van der Waals surface area contributed by atoms with E-state index in [2.05, 4.69) is 0 Å². The molecule has 0 aromatic heterocycles. The lowest BCUT2D eigenvalue weighted by Crippen LogP contribution is -2.35. The molecule has 0 spiro atoms. The van der Waals surface area contributed by atoms with E-state index in [4.69, 9.17) is 9.47 Å². The Balaban J connectivity index is 1.81. The van der Waals surface area contributed by atoms with Crippen LogP contribution in [0.5, 0.6) is 5.75 Å². The first-order valence-electron chi connectivity index (χ1n) is 7.82. The number of hydrogen-bond donors (Lipinski definition) is 0. The Labute approximate surface area is 139 Å². The fraction of sp³-hybridized carbons (Fsp3) is 0.588. The van der Waals surface area contributed by atoms with Crippen molar-refractivity contribution in [1.29, 1.82) is 0 Å². The van der Waals surface area contributed by atoms with Gasteiger partial charge in [0.15, 0.2) is 0 Å². The van der Waals surface area contributed by atoms with Gasteiger partial charge in [-0.2, -0.15) is 13.2 Å². The maximum Gasteiger partial charge on any atom is 0.416 e. The van der Waals surface area contributed by atoms with Gasteiger partial charge < -0.3 is 14.4 Å². The van der Waals surface area contributed by atoms with Crippen LogP contribution in [0.1, 0.15) is 32.8 Å². The van der Waals surface area contributed by atoms with E-state index in [9.17, 15) is 18.0 Å². The van der Waals surface area contributed by atoms with E-state index < -0.39 is 17.3 Å². The molecular formula is C17H22F3NO3. The lowest BCUT2D eigenvalue weighted by Gasteiger charge is -2.24. The molecule has 1 fully saturated rings. The summed E-state index contributed by atoms with van der Waals surface area (Å²) in [6, 6.07) is 4.61. The Hall–Kier alpha value is -1.92. The van der Waals surface area contributed by atoms with Gasteiger partial charge in [0, 0.05) is 19.0 Å². The smallest absolute Gasteiger partial charge is 0.416 e. The molecule has 4 nitrogen and oxygen atoms in total. The van der Waals surface area contributed by atoms with Gasteiger partial charge in [-0.05, 0) is 51.5 Å². The number of alkyl halides is 3. The van der Waals surface area contributed by atoms with Crippen LogP contribution in [0.4, 0.5) is 18.0 Å². The summed E-state index contributed by atoms with van der Waals surface area (Å²) in [5.74, 6) is 0.526. The highest BCUT2D eigenvalue weighted by Crippen LogP contribution is 2.30. The highest BCUT2D eigenvalue weighted by atomic mass is 19.4. The summed E-state index contributed by atoms with van der Waals surface area (Å²) in [6.07, 6.45) is -3.92. The van der Waals surface area contributed by atoms with Gasteiger partial charge >= 0.3 is 12.3 Å². The molecule has 1 atom stereocenters. The van der Waals surface area contributed by atoms with Crippen LogP contribution in [-0.4, -0.2) is 36.3 Å². The van der Waals surface area contributed by atoms with E-state index in [0.717, 1.165) is 18.6 Å². The Morgan fingerprint density at radius 2 is 1.83 bits per heavy atom. The zero-order chi connectivity index (χ0) is 18.0. The van der Waals surface area contributed by atoms with Crippen LogP contribution in [0.25, 0.3) is 0 Å². The number of nitrogens with zero attached hydrogens (tertiary/aromatic N) is 1. The summed E-state index contributed by atoms with van der Waals surface area (Å²) >= 11 is 0. The van der Waals surface area contributed by atoms with Gasteiger partial charge in [0.2, 0.25) is 0 Å². The van der Waals surface area contributed by atoms with Crippen molar-refractivity contribution >= 4 is 6.09 Å². The number of ether oxygens (including phenoxy) is 2. The molecule has 1 amide bonds. The molecule has 1 unspecified atom stereocenters. The highest BCUT2D eigenvalue weighted by molar-refractivity contribution is 5.68. The van der Waals surface area contributed by atoms with Crippen molar-refractivity contribution in [2.45, 2.75) is 39.0 Å². The van der Waals surface area contributed by atoms with Crippen molar-refractivity contribution in [3.8, 4) is 5.75 Å². The first-order chi connectivity index (χ1) is 11.0. The van der Waals surface area contributed by atoms with E-state index in [1.54, 1.807) is 4.90 Å². The number of carbonyl (C=O) groups excluding carboxylic acids is 1. The lowest BCUT2D eigenvalue weighted by molar-refractivity contribution is -0.137. The summed E-state index contributed by atoms with van der Waals surface area (Å²) < 4.78 is 48.3. The van der Waals surface area contributed by atoms with Crippen molar-refractivity contribution < 1.29 is 27.4 Å². The molecule has 24 heavy (non-hydrogen) atoms. The lowest BCUT2D eigenvalue weighted by atomic mass is 10.1. The van der Waals surface area contributed by atoms with Crippen molar-refractivity contribution in [2.24, 2.45) is 5.92 Å². The quantitative estimate of drug-likeness (QED) is 0.818. The first kappa shape index (κ1) is 18.4. The van der Waals surface area contributed by atoms with Crippen molar-refractivity contribution in [2.75, 3.05) is 19.7 Å². The molecule has 1 heterocycles. The van der Waals surface area contributed by atoms with Crippen LogP contribution in [0.15, 0.2) is 24.3 Å². The van der Waals surface area contributed by atoms with Crippen LogP contribution >= 0.6 is 0 Å². The van der Waals surface area contributed by atoms with Gasteiger partial charge in [0.25, 0.3) is 0 Å². The number of likely N-dealkylation sites (tertiary alicyclic amines) is 1. The largest absolute Gasteiger partial charge is 0.493 e. The van der Waals surface area contributed by atoms with E-state index in [1.807, 2.05) is 20.8 Å². The molecule has 1 aliphatic heterocycles. The second-order valence-corrected chi connectivity index (χ2v) is 6.91. The number of rotatable bonds is 3. The minimum absolute atomic E-state index is 0.139. The Morgan fingerprint density at radius 3 is 2.38 bits per heavy atom. The van der Waals surface area contributed by atoms with E-state index in [1.165, 1.54) is 12.1 Å². The molecule has 0 N–H and O–H groups in total. The summed E-state index contributed by atoms with van der Waals surface area (Å²) in [5.41, 5.74) is -1.24. The molecule has 7 heteroatoms. The molecule has 1 saturated heterocycles. The summed E-state index contributed by atoms with van der Waals surface area (Å²) in [6.45, 7) is 6.90. The zero-order valence-corrected chi connectivity index (χ0v) is 14.0. The Bertz CT molecular complexity index is 564. The minimum atomic E-state index is -4.35. The van der Waals surface area contributed by atoms with Crippen molar-refractivity contribution in [3.63, 3.8) is 0 Å². The zero-order valence-electron chi connectivity index (χ0n) is 14.0. The Kier molecular flexibility index (Phi) is 5.30. The fourth-order valence-corrected chi connectivity index (χ4v) is 2.42. The molecular weight excluding hydrogens is 323 g/mol. The average Bonchev–Trinajstić information content (AvgIpc) is 2.92. The van der Waals surface area contributed by atoms with Crippen LogP contribution in [-0.2, 0) is 10.9 Å². The van der Waals surface area contributed by atoms with Crippen LogP contribution < -0.4 is 4.74 Å². The first-order valence-corrected chi connectivity index (χ1v) is 7.82. The molecule has 0 saturated carbocycles. The summed E-state index contributed by atoms with van der Waals surface area (Å²) in [4.78, 5) is 13.6. The third-order valence-electron chi connectivity index (χ3n) is 3.60. The van der Waals surface area contributed by atoms with Crippen LogP contribution in [0.3, 0.4) is 0 Å². The number of carbonyl (C=O) groups is 1. The van der Waals surface area contributed by atoms with Crippen LogP contribution in [0.2, 0.25) is 0 Å². The normalized spacial score (nSPS) is 18.6. The van der Waals surface area contributed by atoms with Crippen LogP contribution in [0, 0.1) is 5.92 Å². The summed E-state index contributed by atoms with van der Waals surface area (Å²) in [7, 11) is 0. The fourth-order valence-electron chi connectivity index (χ4n) is 2.42. The van der Waals surface area contributed by atoms with Gasteiger partial charge in [-0.1, -0.05) is 0 Å². The van der Waals surface area contributed by atoms with Crippen molar-refractivity contribution in [3.05, 3.63) is 29.8 Å². The maximum atomic E-state index is 12.5. The van der Waals surface area contributed by atoms with Gasteiger partial charge in [-0.3, -0.25) is 0 Å². The molecule has 0 aliphatic carbocycles. The molecule has 1 aliphatic rings. The van der Waals surface area contributed by atoms with E-state index in [-0.39, 0.29) is 12.0 Å². The number of amides is 1. The van der Waals surface area contributed by atoms with Crippen molar-refractivity contribution in [1.82, 2.24) is 4.90 Å². The number of benzene rings is 1. The second kappa shape index (κ2) is 6.91. The molecule has 1 aromatic carbocycles. The molecule has 0 bridgehead atoms. The molecule has 1 aromatic rings. The topological polar surface area (TPSA) is 38.8 Å². The van der Waals surface area contributed by atoms with Gasteiger partial charge in [0.1, 0.15) is 11.4 Å². The second-order valence-electron chi connectivity index (χ2n) is 6.91. The van der Waals surface area contributed by atoms with Gasteiger partial charge in [-0.15, -0.1) is 0 Å². The minimum Gasteiger partial charge on any atom is -0.493 e. The average molecular weight is 345 g/mol. The maximum absolute atomic E-state index is 12.5. The third kappa shape index (κ3) is 5.32. The Morgan fingerprint density at radius 1 is 1.21 bits per heavy atom. The monoisotopic (exact) mass is 345 g/mol. The SMILES string of the molecule is CC(C)(C)OC(=O)N1CCC(COc2ccc(C(F)(F)F)cc2)C1. The molecule has 0 radical (unpaired) electrons. The summed E-state index contributed by atoms with van der Waals surface area (Å²) in [5, 5.41) is 0. The van der Waals surface area contributed by atoms with Gasteiger partial charge in [-0.25, -0.2) is 4.79 Å². The highest BCUT2D eigenvalue weighted by Gasteiger charge is 2.31. The predicted molar refractivity (Wildman–Crippen MR) is 82.9 cm³/mol. The predicted octanol–water partition coefficient (Wildman–Crippen LogP) is 4.34. The third-order valence-corrected chi connectivity index (χ3v) is 3.60. The van der Waals surface area contributed by atoms with E-state index >= 15 is 0 Å². The van der Waals surface area contributed by atoms with E-state index in [0.29, 0.717) is 25.4 Å². The molecule has 134 valence electrons.